The highest BCUT2D eigenvalue weighted by atomic mass is 16.5. The first-order valence-corrected chi connectivity index (χ1v) is 9.08. The molecule has 0 aromatic heterocycles. The summed E-state index contributed by atoms with van der Waals surface area (Å²) in [6.07, 6.45) is 5.59. The van der Waals surface area contributed by atoms with Crippen molar-refractivity contribution in [1.82, 2.24) is 10.2 Å². The molecule has 1 aromatic rings. The molecule has 25 heavy (non-hydrogen) atoms. The predicted octanol–water partition coefficient (Wildman–Crippen LogP) is 2.77. The molecule has 3 rings (SSSR count). The summed E-state index contributed by atoms with van der Waals surface area (Å²) in [6, 6.07) is 9.96. The van der Waals surface area contributed by atoms with Gasteiger partial charge in [0.1, 0.15) is 6.61 Å². The molecular weight excluding hydrogens is 320 g/mol. The monoisotopic (exact) mass is 346 g/mol. The van der Waals surface area contributed by atoms with Gasteiger partial charge in [0.2, 0.25) is 0 Å². The third kappa shape index (κ3) is 5.19. The highest BCUT2D eigenvalue weighted by Crippen LogP contribution is 2.33. The molecule has 2 saturated carbocycles. The lowest BCUT2D eigenvalue weighted by Crippen LogP contribution is -2.55. The van der Waals surface area contributed by atoms with Gasteiger partial charge in [-0.1, -0.05) is 43.2 Å². The van der Waals surface area contributed by atoms with Gasteiger partial charge >= 0.3 is 12.1 Å². The third-order valence-electron chi connectivity index (χ3n) is 5.01. The van der Waals surface area contributed by atoms with Gasteiger partial charge in [-0.05, 0) is 31.2 Å². The molecule has 1 amide bonds. The number of carboxylic acids is 1. The second-order valence-electron chi connectivity index (χ2n) is 6.96. The van der Waals surface area contributed by atoms with E-state index in [4.69, 9.17) is 4.74 Å². The summed E-state index contributed by atoms with van der Waals surface area (Å²) in [7, 11) is 0. The highest BCUT2D eigenvalue weighted by Gasteiger charge is 2.40. The van der Waals surface area contributed by atoms with Crippen LogP contribution in [0.4, 0.5) is 4.79 Å². The standard InChI is InChI=1S/C19H26N2O4/c22-18(23)12-21(15-10-11-15)17-9-5-4-8-16(17)20-19(24)25-13-14-6-2-1-3-7-14/h1-3,6-7,15-17H,4-5,8-13H2,(H,20,24)(H,22,23)/t16-,17+/m0/s1. The van der Waals surface area contributed by atoms with E-state index in [1.54, 1.807) is 0 Å². The molecule has 0 saturated heterocycles. The second-order valence-corrected chi connectivity index (χ2v) is 6.96. The van der Waals surface area contributed by atoms with Crippen LogP contribution in [0.2, 0.25) is 0 Å². The molecule has 2 atom stereocenters. The number of amides is 1. The minimum atomic E-state index is -0.803. The molecule has 136 valence electrons. The summed E-state index contributed by atoms with van der Waals surface area (Å²) in [6.45, 7) is 0.290. The van der Waals surface area contributed by atoms with Gasteiger partial charge in [-0.3, -0.25) is 9.69 Å². The molecule has 1 aromatic carbocycles. The molecule has 0 heterocycles. The summed E-state index contributed by atoms with van der Waals surface area (Å²) < 4.78 is 5.33. The SMILES string of the molecule is O=C(O)CN(C1CC1)[C@@H]1CCCC[C@@H]1NC(=O)OCc1ccccc1. The average molecular weight is 346 g/mol. The van der Waals surface area contributed by atoms with Crippen molar-refractivity contribution in [2.24, 2.45) is 0 Å². The zero-order chi connectivity index (χ0) is 17.6. The van der Waals surface area contributed by atoms with Crippen LogP contribution in [0.25, 0.3) is 0 Å². The Balaban J connectivity index is 1.56. The van der Waals surface area contributed by atoms with E-state index in [1.807, 2.05) is 30.3 Å². The first kappa shape index (κ1) is 17.7. The fourth-order valence-corrected chi connectivity index (χ4v) is 3.67. The summed E-state index contributed by atoms with van der Waals surface area (Å²) in [4.78, 5) is 25.5. The highest BCUT2D eigenvalue weighted by molar-refractivity contribution is 5.69. The first-order chi connectivity index (χ1) is 12.1. The molecular formula is C19H26N2O4. The number of rotatable bonds is 7. The molecule has 6 heteroatoms. The van der Waals surface area contributed by atoms with Gasteiger partial charge in [0.15, 0.2) is 0 Å². The number of carbonyl (C=O) groups excluding carboxylic acids is 1. The number of carbonyl (C=O) groups is 2. The lowest BCUT2D eigenvalue weighted by Gasteiger charge is -2.39. The largest absolute Gasteiger partial charge is 0.480 e. The zero-order valence-corrected chi connectivity index (χ0v) is 14.4. The Kier molecular flexibility index (Phi) is 5.91. The lowest BCUT2D eigenvalue weighted by molar-refractivity contribution is -0.139. The second kappa shape index (κ2) is 8.34. The summed E-state index contributed by atoms with van der Waals surface area (Å²) in [5, 5.41) is 12.2. The van der Waals surface area contributed by atoms with Crippen molar-refractivity contribution < 1.29 is 19.4 Å². The molecule has 0 spiro atoms. The predicted molar refractivity (Wildman–Crippen MR) is 93.2 cm³/mol. The number of ether oxygens (including phenoxy) is 1. The molecule has 0 radical (unpaired) electrons. The van der Waals surface area contributed by atoms with E-state index in [1.165, 1.54) is 0 Å². The van der Waals surface area contributed by atoms with Crippen molar-refractivity contribution in [3.63, 3.8) is 0 Å². The van der Waals surface area contributed by atoms with E-state index in [-0.39, 0.29) is 25.2 Å². The van der Waals surface area contributed by atoms with Gasteiger partial charge in [-0.2, -0.15) is 0 Å². The number of benzene rings is 1. The van der Waals surface area contributed by atoms with Crippen molar-refractivity contribution in [3.8, 4) is 0 Å². The smallest absolute Gasteiger partial charge is 0.407 e. The summed E-state index contributed by atoms with van der Waals surface area (Å²) >= 11 is 0. The van der Waals surface area contributed by atoms with Crippen LogP contribution in [0, 0.1) is 0 Å². The normalized spacial score (nSPS) is 23.2. The Bertz CT molecular complexity index is 588. The van der Waals surface area contributed by atoms with Gasteiger partial charge in [0.05, 0.1) is 6.54 Å². The Morgan fingerprint density at radius 1 is 1.12 bits per heavy atom. The Morgan fingerprint density at radius 2 is 1.84 bits per heavy atom. The molecule has 2 aliphatic rings. The van der Waals surface area contributed by atoms with Crippen molar-refractivity contribution in [2.75, 3.05) is 6.54 Å². The van der Waals surface area contributed by atoms with Crippen LogP contribution in [-0.2, 0) is 16.1 Å². The molecule has 6 nitrogen and oxygen atoms in total. The van der Waals surface area contributed by atoms with E-state index >= 15 is 0 Å². The molecule has 2 fully saturated rings. The average Bonchev–Trinajstić information content (AvgIpc) is 3.44. The van der Waals surface area contributed by atoms with Crippen LogP contribution in [0.1, 0.15) is 44.1 Å². The zero-order valence-electron chi connectivity index (χ0n) is 14.4. The fraction of sp³-hybridized carbons (Fsp3) is 0.579. The number of hydrogen-bond donors (Lipinski definition) is 2. The van der Waals surface area contributed by atoms with Gasteiger partial charge < -0.3 is 15.2 Å². The van der Waals surface area contributed by atoms with E-state index in [0.717, 1.165) is 44.1 Å². The van der Waals surface area contributed by atoms with Crippen LogP contribution >= 0.6 is 0 Å². The maximum absolute atomic E-state index is 12.2. The molecule has 0 unspecified atom stereocenters. The Labute approximate surface area is 148 Å². The fourth-order valence-electron chi connectivity index (χ4n) is 3.67. The molecule has 0 bridgehead atoms. The van der Waals surface area contributed by atoms with Gasteiger partial charge in [-0.15, -0.1) is 0 Å². The number of aliphatic carboxylic acids is 1. The van der Waals surface area contributed by atoms with Crippen LogP contribution in [-0.4, -0.2) is 46.7 Å². The van der Waals surface area contributed by atoms with Crippen molar-refractivity contribution in [2.45, 2.75) is 63.3 Å². The Hall–Kier alpha value is -2.08. The van der Waals surface area contributed by atoms with E-state index < -0.39 is 12.1 Å². The quantitative estimate of drug-likeness (QED) is 0.794. The van der Waals surface area contributed by atoms with Crippen molar-refractivity contribution in [1.29, 1.82) is 0 Å². The topological polar surface area (TPSA) is 78.9 Å². The van der Waals surface area contributed by atoms with Gasteiger partial charge in [0, 0.05) is 18.1 Å². The molecule has 2 aliphatic carbocycles. The van der Waals surface area contributed by atoms with Crippen LogP contribution in [0.15, 0.2) is 30.3 Å². The third-order valence-corrected chi connectivity index (χ3v) is 5.01. The van der Waals surface area contributed by atoms with Crippen LogP contribution in [0.3, 0.4) is 0 Å². The summed E-state index contributed by atoms with van der Waals surface area (Å²) in [5.41, 5.74) is 0.948. The van der Waals surface area contributed by atoms with Gasteiger partial charge in [0.25, 0.3) is 0 Å². The summed E-state index contributed by atoms with van der Waals surface area (Å²) in [5.74, 6) is -0.803. The van der Waals surface area contributed by atoms with Crippen molar-refractivity contribution in [3.05, 3.63) is 35.9 Å². The van der Waals surface area contributed by atoms with Crippen LogP contribution < -0.4 is 5.32 Å². The van der Waals surface area contributed by atoms with Crippen LogP contribution in [0.5, 0.6) is 0 Å². The minimum Gasteiger partial charge on any atom is -0.480 e. The van der Waals surface area contributed by atoms with Gasteiger partial charge in [-0.25, -0.2) is 4.79 Å². The van der Waals surface area contributed by atoms with E-state index in [9.17, 15) is 14.7 Å². The number of nitrogens with zero attached hydrogens (tertiary/aromatic N) is 1. The van der Waals surface area contributed by atoms with Crippen molar-refractivity contribution >= 4 is 12.1 Å². The lowest BCUT2D eigenvalue weighted by atomic mass is 9.89. The number of carboxylic acid groups (broad SMARTS) is 1. The molecule has 0 aliphatic heterocycles. The van der Waals surface area contributed by atoms with E-state index in [0.29, 0.717) is 6.04 Å². The first-order valence-electron chi connectivity index (χ1n) is 9.08. The Morgan fingerprint density at radius 3 is 2.52 bits per heavy atom. The maximum Gasteiger partial charge on any atom is 0.407 e. The maximum atomic E-state index is 12.2. The molecule has 2 N–H and O–H groups in total. The minimum absolute atomic E-state index is 0.0445. The van der Waals surface area contributed by atoms with E-state index in [2.05, 4.69) is 10.2 Å². The number of hydrogen-bond acceptors (Lipinski definition) is 4. The number of nitrogens with one attached hydrogen (secondary N) is 1. The number of alkyl carbamates (subject to hydrolysis) is 1.